The maximum atomic E-state index is 15.5. The van der Waals surface area contributed by atoms with Crippen LogP contribution in [0.25, 0.3) is 10.8 Å². The number of hydrogen-bond acceptors (Lipinski definition) is 5. The predicted molar refractivity (Wildman–Crippen MR) is 142 cm³/mol. The number of fused-ring (bicyclic) bond motifs is 4. The number of benzene rings is 4. The van der Waals surface area contributed by atoms with E-state index >= 15 is 4.39 Å². The number of halogens is 1. The Hall–Kier alpha value is -3.13. The van der Waals surface area contributed by atoms with Crippen molar-refractivity contribution in [2.75, 3.05) is 6.61 Å². The number of rotatable bonds is 6. The number of ether oxygens (including phenoxy) is 5. The molecular weight excluding hydrogens is 483 g/mol. The van der Waals surface area contributed by atoms with Gasteiger partial charge in [-0.3, -0.25) is 0 Å². The van der Waals surface area contributed by atoms with Gasteiger partial charge < -0.3 is 23.7 Å². The second-order valence-electron chi connectivity index (χ2n) is 9.81. The Morgan fingerprint density at radius 3 is 1.87 bits per heavy atom. The molecule has 2 unspecified atom stereocenters. The van der Waals surface area contributed by atoms with Gasteiger partial charge in [0.05, 0.1) is 33.0 Å². The molecule has 4 aromatic carbocycles. The third-order valence-corrected chi connectivity index (χ3v) is 7.19. The van der Waals surface area contributed by atoms with Crippen LogP contribution in [0.2, 0.25) is 0 Å². The van der Waals surface area contributed by atoms with Gasteiger partial charge in [0.1, 0.15) is 24.4 Å². The molecule has 38 heavy (non-hydrogen) atoms. The first-order valence-corrected chi connectivity index (χ1v) is 13.0. The maximum absolute atomic E-state index is 15.5. The minimum absolute atomic E-state index is 0.178. The molecule has 4 aromatic rings. The second-order valence-corrected chi connectivity index (χ2v) is 9.81. The molecule has 1 fully saturated rings. The molecule has 0 radical (unpaired) electrons. The smallest absolute Gasteiger partial charge is 0.228 e. The van der Waals surface area contributed by atoms with E-state index in [2.05, 4.69) is 24.3 Å². The zero-order valence-corrected chi connectivity index (χ0v) is 21.1. The van der Waals surface area contributed by atoms with Crippen molar-refractivity contribution in [2.24, 2.45) is 0 Å². The fourth-order valence-electron chi connectivity index (χ4n) is 5.17. The summed E-state index contributed by atoms with van der Waals surface area (Å²) in [6, 6.07) is 32.1. The summed E-state index contributed by atoms with van der Waals surface area (Å²) in [5.41, 5.74) is 4.01. The van der Waals surface area contributed by atoms with Crippen LogP contribution in [0.3, 0.4) is 0 Å². The lowest BCUT2D eigenvalue weighted by molar-refractivity contribution is -0.299. The van der Waals surface area contributed by atoms with Gasteiger partial charge in [0, 0.05) is 0 Å². The van der Waals surface area contributed by atoms with Gasteiger partial charge in [-0.05, 0) is 45.2 Å². The molecule has 0 N–H and O–H groups in total. The lowest BCUT2D eigenvalue weighted by Crippen LogP contribution is -2.60. The van der Waals surface area contributed by atoms with Crippen molar-refractivity contribution >= 4 is 10.8 Å². The van der Waals surface area contributed by atoms with E-state index < -0.39 is 30.8 Å². The van der Waals surface area contributed by atoms with Crippen LogP contribution >= 0.6 is 0 Å². The molecule has 5 atom stereocenters. The van der Waals surface area contributed by atoms with Crippen LogP contribution in [-0.4, -0.2) is 37.4 Å². The van der Waals surface area contributed by atoms with Crippen LogP contribution in [0.4, 0.5) is 4.39 Å². The van der Waals surface area contributed by atoms with Gasteiger partial charge >= 0.3 is 0 Å². The van der Waals surface area contributed by atoms with Crippen molar-refractivity contribution in [3.05, 3.63) is 119 Å². The van der Waals surface area contributed by atoms with Crippen LogP contribution in [-0.2, 0) is 50.1 Å². The van der Waals surface area contributed by atoms with Crippen LogP contribution < -0.4 is 0 Å². The SMILES string of the molecule is F[C@@H]1OC2COCc3cc4ccccc4cc3COC([C@H]2OCc2ccccc2)[C@@H]1OCc1ccccc1. The molecular formula is C32H31FO5. The van der Waals surface area contributed by atoms with Gasteiger partial charge in [0.25, 0.3) is 0 Å². The number of hydrogen-bond donors (Lipinski definition) is 0. The third kappa shape index (κ3) is 5.65. The van der Waals surface area contributed by atoms with Gasteiger partial charge in [0.2, 0.25) is 6.36 Å². The van der Waals surface area contributed by atoms with E-state index in [1.54, 1.807) is 0 Å². The zero-order chi connectivity index (χ0) is 25.7. The summed E-state index contributed by atoms with van der Waals surface area (Å²) >= 11 is 0. The molecule has 196 valence electrons. The predicted octanol–water partition coefficient (Wildman–Crippen LogP) is 6.12. The molecule has 2 aliphatic rings. The van der Waals surface area contributed by atoms with Crippen molar-refractivity contribution in [2.45, 2.75) is 57.2 Å². The highest BCUT2D eigenvalue weighted by molar-refractivity contribution is 5.84. The molecule has 0 aliphatic carbocycles. The number of alkyl halides is 1. The summed E-state index contributed by atoms with van der Waals surface area (Å²) in [5.74, 6) is 0. The van der Waals surface area contributed by atoms with Crippen molar-refractivity contribution < 1.29 is 28.1 Å². The Bertz CT molecular complexity index is 1330. The standard InChI is InChI=1S/C32H31FO5/c33-32-31(36-18-23-11-5-2-6-12-23)30-29(35-17-22-9-3-1-4-10-22)28(38-32)21-34-19-26-15-24-13-7-8-14-25(24)16-27(26)20-37-30/h1-16,28-32H,17-21H2/t28?,29-,30?,31-,32+/m0/s1. The van der Waals surface area contributed by atoms with E-state index in [1.807, 2.05) is 72.8 Å². The fourth-order valence-corrected chi connectivity index (χ4v) is 5.17. The Kier molecular flexibility index (Phi) is 7.76. The monoisotopic (exact) mass is 514 g/mol. The highest BCUT2D eigenvalue weighted by Crippen LogP contribution is 2.33. The molecule has 6 rings (SSSR count). The summed E-state index contributed by atoms with van der Waals surface area (Å²) in [6.45, 7) is 1.42. The normalized spacial score (nSPS) is 25.6. The quantitative estimate of drug-likeness (QED) is 0.310. The summed E-state index contributed by atoms with van der Waals surface area (Å²) < 4.78 is 46.5. The average molecular weight is 515 g/mol. The molecule has 2 heterocycles. The molecule has 0 amide bonds. The Balaban J connectivity index is 1.30. The first kappa shape index (κ1) is 25.2. The topological polar surface area (TPSA) is 46.2 Å². The fraction of sp³-hybridized carbons (Fsp3) is 0.312. The zero-order valence-electron chi connectivity index (χ0n) is 21.1. The van der Waals surface area contributed by atoms with Crippen LogP contribution in [0, 0.1) is 0 Å². The lowest BCUT2D eigenvalue weighted by Gasteiger charge is -2.44. The second kappa shape index (κ2) is 11.7. The summed E-state index contributed by atoms with van der Waals surface area (Å²) in [7, 11) is 0. The van der Waals surface area contributed by atoms with Gasteiger partial charge in [-0.2, -0.15) is 0 Å². The lowest BCUT2D eigenvalue weighted by atomic mass is 9.97. The molecule has 6 heteroatoms. The van der Waals surface area contributed by atoms with Gasteiger partial charge in [-0.1, -0.05) is 84.9 Å². The van der Waals surface area contributed by atoms with Crippen molar-refractivity contribution in [1.29, 1.82) is 0 Å². The molecule has 2 bridgehead atoms. The van der Waals surface area contributed by atoms with Crippen molar-refractivity contribution in [1.82, 2.24) is 0 Å². The summed E-state index contributed by atoms with van der Waals surface area (Å²) in [6.07, 6.45) is -4.56. The first-order valence-electron chi connectivity index (χ1n) is 13.0. The molecule has 0 saturated carbocycles. The highest BCUT2D eigenvalue weighted by Gasteiger charge is 2.49. The largest absolute Gasteiger partial charge is 0.374 e. The van der Waals surface area contributed by atoms with Crippen LogP contribution in [0.5, 0.6) is 0 Å². The molecule has 1 saturated heterocycles. The Labute approximate surface area is 222 Å². The van der Waals surface area contributed by atoms with E-state index in [-0.39, 0.29) is 19.8 Å². The van der Waals surface area contributed by atoms with E-state index in [0.29, 0.717) is 13.2 Å². The molecule has 5 nitrogen and oxygen atoms in total. The van der Waals surface area contributed by atoms with E-state index in [9.17, 15) is 0 Å². The molecule has 0 aromatic heterocycles. The minimum Gasteiger partial charge on any atom is -0.374 e. The highest BCUT2D eigenvalue weighted by atomic mass is 19.1. The third-order valence-electron chi connectivity index (χ3n) is 7.19. The van der Waals surface area contributed by atoms with Crippen molar-refractivity contribution in [3.8, 4) is 0 Å². The minimum atomic E-state index is -1.68. The average Bonchev–Trinajstić information content (AvgIpc) is 2.95. The Morgan fingerprint density at radius 2 is 1.24 bits per heavy atom. The van der Waals surface area contributed by atoms with Gasteiger partial charge in [-0.15, -0.1) is 0 Å². The summed E-state index contributed by atoms with van der Waals surface area (Å²) in [5, 5.41) is 2.26. The molecule has 2 aliphatic heterocycles. The van der Waals surface area contributed by atoms with Gasteiger partial charge in [0.15, 0.2) is 0 Å². The van der Waals surface area contributed by atoms with E-state index in [1.165, 1.54) is 0 Å². The van der Waals surface area contributed by atoms with E-state index in [4.69, 9.17) is 23.7 Å². The molecule has 0 spiro atoms. The van der Waals surface area contributed by atoms with Crippen LogP contribution in [0.15, 0.2) is 97.1 Å². The maximum Gasteiger partial charge on any atom is 0.228 e. The van der Waals surface area contributed by atoms with E-state index in [0.717, 1.165) is 33.0 Å². The summed E-state index contributed by atoms with van der Waals surface area (Å²) in [4.78, 5) is 0. The van der Waals surface area contributed by atoms with Gasteiger partial charge in [-0.25, -0.2) is 4.39 Å². The Morgan fingerprint density at radius 1 is 0.684 bits per heavy atom. The van der Waals surface area contributed by atoms with Crippen molar-refractivity contribution in [3.63, 3.8) is 0 Å². The van der Waals surface area contributed by atoms with Crippen LogP contribution in [0.1, 0.15) is 22.3 Å². The first-order chi connectivity index (χ1) is 18.7.